The van der Waals surface area contributed by atoms with Gasteiger partial charge in [-0.3, -0.25) is 9.78 Å². The van der Waals surface area contributed by atoms with Crippen LogP contribution >= 0.6 is 0 Å². The average Bonchev–Trinajstić information content (AvgIpc) is 3.45. The Bertz CT molecular complexity index is 1680. The summed E-state index contributed by atoms with van der Waals surface area (Å²) in [7, 11) is 0. The van der Waals surface area contributed by atoms with Gasteiger partial charge in [0.1, 0.15) is 11.2 Å². The van der Waals surface area contributed by atoms with Crippen molar-refractivity contribution in [3.8, 4) is 28.8 Å². The van der Waals surface area contributed by atoms with Crippen molar-refractivity contribution in [2.75, 3.05) is 4.90 Å². The van der Waals surface area contributed by atoms with Crippen molar-refractivity contribution in [2.24, 2.45) is 5.73 Å². The summed E-state index contributed by atoms with van der Waals surface area (Å²) in [6.45, 7) is 2.83. The van der Waals surface area contributed by atoms with Gasteiger partial charge in [0.25, 0.3) is 18.2 Å². The fraction of sp³-hybridized carbons (Fsp3) is 0.276. The average molecular weight is 583 g/mol. The highest BCUT2D eigenvalue weighted by atomic mass is 19.3. The van der Waals surface area contributed by atoms with Crippen LogP contribution in [0.2, 0.25) is 0 Å². The van der Waals surface area contributed by atoms with E-state index in [-0.39, 0.29) is 35.1 Å². The van der Waals surface area contributed by atoms with E-state index in [1.54, 1.807) is 24.3 Å². The maximum atomic E-state index is 15.3. The normalized spacial score (nSPS) is 16.7. The number of amides is 1. The Balaban J connectivity index is 1.53. The second kappa shape index (κ2) is 10.6. The molecule has 1 aliphatic rings. The third-order valence-electron chi connectivity index (χ3n) is 6.93. The lowest BCUT2D eigenvalue weighted by atomic mass is 9.96. The molecule has 1 atom stereocenters. The van der Waals surface area contributed by atoms with Gasteiger partial charge in [-0.1, -0.05) is 24.3 Å². The lowest BCUT2D eigenvalue weighted by Gasteiger charge is -2.25. The predicted molar refractivity (Wildman–Crippen MR) is 141 cm³/mol. The highest BCUT2D eigenvalue weighted by molar-refractivity contribution is 5.99. The molecule has 0 spiro atoms. The zero-order valence-electron chi connectivity index (χ0n) is 22.3. The van der Waals surface area contributed by atoms with Crippen molar-refractivity contribution in [2.45, 2.75) is 50.6 Å². The topological polar surface area (TPSA) is 122 Å². The van der Waals surface area contributed by atoms with Crippen molar-refractivity contribution in [3.05, 3.63) is 83.1 Å². The van der Waals surface area contributed by atoms with Crippen molar-refractivity contribution in [1.82, 2.24) is 15.2 Å². The van der Waals surface area contributed by atoms with Crippen molar-refractivity contribution < 1.29 is 31.2 Å². The summed E-state index contributed by atoms with van der Waals surface area (Å²) in [5.74, 6) is -5.99. The molecule has 5 rings (SSSR count). The first kappa shape index (κ1) is 28.8. The van der Waals surface area contributed by atoms with Crippen molar-refractivity contribution in [3.63, 3.8) is 0 Å². The number of nitrogens with zero attached hydrogens (tertiary/aromatic N) is 5. The molecule has 42 heavy (non-hydrogen) atoms. The zero-order chi connectivity index (χ0) is 30.4. The number of pyridine rings is 1. The van der Waals surface area contributed by atoms with E-state index in [0.717, 1.165) is 17.2 Å². The van der Waals surface area contributed by atoms with E-state index < -0.39 is 47.5 Å². The molecule has 0 fully saturated rings. The molecule has 3 heterocycles. The van der Waals surface area contributed by atoms with Crippen molar-refractivity contribution in [1.29, 1.82) is 5.26 Å². The quantitative estimate of drug-likeness (QED) is 0.276. The van der Waals surface area contributed by atoms with E-state index in [4.69, 9.17) is 10.2 Å². The number of hydrogen-bond acceptors (Lipinski definition) is 7. The summed E-state index contributed by atoms with van der Waals surface area (Å²) in [6.07, 6.45) is -2.61. The van der Waals surface area contributed by atoms with Gasteiger partial charge in [0, 0.05) is 29.3 Å². The maximum Gasteiger partial charge on any atom is 0.277 e. The first-order valence-electron chi connectivity index (χ1n) is 12.7. The van der Waals surface area contributed by atoms with E-state index in [9.17, 15) is 18.8 Å². The highest BCUT2D eigenvalue weighted by Crippen LogP contribution is 2.45. The summed E-state index contributed by atoms with van der Waals surface area (Å²) >= 11 is 0. The first-order valence-corrected chi connectivity index (χ1v) is 12.7. The first-order chi connectivity index (χ1) is 19.8. The van der Waals surface area contributed by atoms with Crippen LogP contribution in [0.25, 0.3) is 22.7 Å². The number of anilines is 1. The number of nitrogens with two attached hydrogens (primary N) is 1. The number of alkyl halides is 4. The molecule has 1 amide bonds. The van der Waals surface area contributed by atoms with Crippen LogP contribution in [-0.2, 0) is 22.7 Å². The number of nitriles is 1. The van der Waals surface area contributed by atoms with Crippen LogP contribution in [0.4, 0.5) is 27.6 Å². The molecule has 0 saturated carbocycles. The minimum Gasteiger partial charge on any atom is -0.419 e. The van der Waals surface area contributed by atoms with Crippen molar-refractivity contribution >= 4 is 11.6 Å². The second-order valence-electron chi connectivity index (χ2n) is 10.4. The van der Waals surface area contributed by atoms with E-state index in [0.29, 0.717) is 22.9 Å². The number of fused-ring (bicyclic) bond motifs is 1. The summed E-state index contributed by atoms with van der Waals surface area (Å²) in [5.41, 5.74) is 4.64. The summed E-state index contributed by atoms with van der Waals surface area (Å²) in [6, 6.07) is 11.3. The number of benzene rings is 2. The smallest absolute Gasteiger partial charge is 0.277 e. The highest BCUT2D eigenvalue weighted by Gasteiger charge is 2.45. The SMILES string of the molecule is CC(C)(C#N)c1nnc(-c2cc3c(cc2F)C(F)(F)CC(N)C(=O)N3Cc2ccc(-c3ccc(C(F)F)cn3)cc2)o1. The molecule has 2 N–H and O–H groups in total. The number of rotatable bonds is 6. The summed E-state index contributed by atoms with van der Waals surface area (Å²) < 4.78 is 77.0. The molecule has 216 valence electrons. The van der Waals surface area contributed by atoms with Gasteiger partial charge in [-0.2, -0.15) is 5.26 Å². The lowest BCUT2D eigenvalue weighted by Crippen LogP contribution is -2.43. The Morgan fingerprint density at radius 1 is 1.17 bits per heavy atom. The van der Waals surface area contributed by atoms with Gasteiger partial charge in [0.15, 0.2) is 0 Å². The van der Waals surface area contributed by atoms with E-state index in [1.807, 2.05) is 6.07 Å². The third-order valence-corrected chi connectivity index (χ3v) is 6.93. The van der Waals surface area contributed by atoms with Gasteiger partial charge >= 0.3 is 0 Å². The number of carbonyl (C=O) groups excluding carboxylic acids is 1. The molecule has 1 aliphatic heterocycles. The third kappa shape index (κ3) is 5.33. The molecule has 0 bridgehead atoms. The molecular formula is C29H23F5N6O2. The second-order valence-corrected chi connectivity index (χ2v) is 10.4. The molecule has 2 aromatic carbocycles. The predicted octanol–water partition coefficient (Wildman–Crippen LogP) is 6.03. The molecule has 2 aromatic heterocycles. The molecule has 4 aromatic rings. The van der Waals surface area contributed by atoms with Gasteiger partial charge in [-0.05, 0) is 43.7 Å². The number of aromatic nitrogens is 3. The van der Waals surface area contributed by atoms with Gasteiger partial charge in [-0.15, -0.1) is 10.2 Å². The fourth-order valence-corrected chi connectivity index (χ4v) is 4.50. The van der Waals surface area contributed by atoms with Crippen LogP contribution in [0.5, 0.6) is 0 Å². The Kier molecular flexibility index (Phi) is 7.28. The van der Waals surface area contributed by atoms with Crippen LogP contribution < -0.4 is 10.6 Å². The van der Waals surface area contributed by atoms with Crippen LogP contribution in [0, 0.1) is 17.1 Å². The largest absolute Gasteiger partial charge is 0.419 e. The van der Waals surface area contributed by atoms with Gasteiger partial charge in [-0.25, -0.2) is 22.0 Å². The Labute approximate surface area is 236 Å². The minimum absolute atomic E-state index is 0.104. The molecule has 0 aliphatic carbocycles. The van der Waals surface area contributed by atoms with Gasteiger partial charge in [0.2, 0.25) is 11.8 Å². The Morgan fingerprint density at radius 2 is 1.88 bits per heavy atom. The van der Waals surface area contributed by atoms with Gasteiger partial charge in [0.05, 0.1) is 35.6 Å². The summed E-state index contributed by atoms with van der Waals surface area (Å²) in [5, 5.41) is 16.9. The lowest BCUT2D eigenvalue weighted by molar-refractivity contribution is -0.122. The van der Waals surface area contributed by atoms with Crippen LogP contribution in [0.1, 0.15) is 49.3 Å². The van der Waals surface area contributed by atoms with E-state index in [2.05, 4.69) is 15.2 Å². The molecule has 0 saturated heterocycles. The van der Waals surface area contributed by atoms with Gasteiger partial charge < -0.3 is 15.1 Å². The summed E-state index contributed by atoms with van der Waals surface area (Å²) in [4.78, 5) is 18.4. The zero-order valence-corrected chi connectivity index (χ0v) is 22.3. The minimum atomic E-state index is -3.64. The molecule has 13 heteroatoms. The molecule has 1 unspecified atom stereocenters. The van der Waals surface area contributed by atoms with E-state index in [1.165, 1.54) is 26.0 Å². The fourth-order valence-electron chi connectivity index (χ4n) is 4.50. The monoisotopic (exact) mass is 582 g/mol. The Hall–Kier alpha value is -4.70. The maximum absolute atomic E-state index is 15.3. The number of hydrogen-bond donors (Lipinski definition) is 1. The van der Waals surface area contributed by atoms with E-state index >= 15 is 13.2 Å². The molecule has 8 nitrogen and oxygen atoms in total. The molecule has 0 radical (unpaired) electrons. The number of halogens is 5. The Morgan fingerprint density at radius 3 is 2.50 bits per heavy atom. The molecular weight excluding hydrogens is 559 g/mol. The number of carbonyl (C=O) groups is 1. The standard InChI is InChI=1S/C29H23F5N6O2/c1-28(2,14-35)27-39-38-25(42-27)18-9-23-19(10-20(18)30)29(33,34)11-21(36)26(41)40(23)13-15-3-5-16(6-4-15)22-8-7-17(12-37-22)24(31)32/h3-10,12,21,24H,11,13,36H2,1-2H3. The van der Waals surface area contributed by atoms with Crippen LogP contribution in [0.15, 0.2) is 59.1 Å². The van der Waals surface area contributed by atoms with Crippen LogP contribution in [-0.4, -0.2) is 27.1 Å². The van der Waals surface area contributed by atoms with Crippen LogP contribution in [0.3, 0.4) is 0 Å².